The van der Waals surface area contributed by atoms with Crippen LogP contribution in [-0.4, -0.2) is 19.5 Å². The van der Waals surface area contributed by atoms with Crippen molar-refractivity contribution in [3.05, 3.63) is 41.0 Å². The Hall–Kier alpha value is -1.42. The molecule has 0 fully saturated rings. The van der Waals surface area contributed by atoms with Gasteiger partial charge in [0.2, 0.25) is 0 Å². The Kier molecular flexibility index (Phi) is 2.68. The van der Waals surface area contributed by atoms with Crippen LogP contribution in [0.5, 0.6) is 0 Å². The maximum absolute atomic E-state index is 5.85. The highest BCUT2D eigenvalue weighted by molar-refractivity contribution is 6.29. The maximum atomic E-state index is 5.85. The van der Waals surface area contributed by atoms with Gasteiger partial charge < -0.3 is 4.57 Å². The molecule has 0 spiro atoms. The molecule has 0 amide bonds. The van der Waals surface area contributed by atoms with Crippen LogP contribution in [0.1, 0.15) is 17.3 Å². The molecule has 2 heterocycles. The van der Waals surface area contributed by atoms with E-state index in [0.717, 1.165) is 11.5 Å². The third kappa shape index (κ3) is 2.33. The minimum Gasteiger partial charge on any atom is -0.328 e. The molecule has 2 aromatic heterocycles. The molecule has 0 N–H and O–H groups in total. The molecule has 0 unspecified atom stereocenters. The summed E-state index contributed by atoms with van der Waals surface area (Å²) in [6, 6.07) is 1.74. The Morgan fingerprint density at radius 3 is 2.73 bits per heavy atom. The van der Waals surface area contributed by atoms with Gasteiger partial charge in [0, 0.05) is 18.1 Å². The first-order valence-corrected chi connectivity index (χ1v) is 5.01. The molecular weight excluding hydrogens is 212 g/mol. The zero-order valence-corrected chi connectivity index (χ0v) is 9.36. The van der Waals surface area contributed by atoms with Crippen LogP contribution >= 0.6 is 11.6 Å². The molecule has 0 aliphatic rings. The second kappa shape index (κ2) is 3.98. The van der Waals surface area contributed by atoms with Gasteiger partial charge in [0.1, 0.15) is 16.8 Å². The lowest BCUT2D eigenvalue weighted by Gasteiger charge is -2.04. The van der Waals surface area contributed by atoms with Gasteiger partial charge in [0.25, 0.3) is 0 Å². The van der Waals surface area contributed by atoms with Crippen LogP contribution in [0, 0.1) is 13.8 Å². The van der Waals surface area contributed by atoms with Gasteiger partial charge in [-0.05, 0) is 19.9 Å². The molecule has 0 bridgehead atoms. The van der Waals surface area contributed by atoms with Gasteiger partial charge in [-0.15, -0.1) is 0 Å². The van der Waals surface area contributed by atoms with E-state index in [9.17, 15) is 0 Å². The van der Waals surface area contributed by atoms with E-state index in [2.05, 4.69) is 15.0 Å². The summed E-state index contributed by atoms with van der Waals surface area (Å²) in [5.74, 6) is 1.65. The SMILES string of the molecule is Cc1cc(Cl)nc(Cn2ccnc2C)n1. The third-order valence-corrected chi connectivity index (χ3v) is 2.30. The number of hydrogen-bond acceptors (Lipinski definition) is 3. The maximum Gasteiger partial charge on any atom is 0.150 e. The predicted octanol–water partition coefficient (Wildman–Crippen LogP) is 1.99. The van der Waals surface area contributed by atoms with Crippen molar-refractivity contribution in [2.45, 2.75) is 20.4 Å². The van der Waals surface area contributed by atoms with E-state index in [0.29, 0.717) is 17.5 Å². The predicted molar refractivity (Wildman–Crippen MR) is 57.8 cm³/mol. The fraction of sp³-hybridized carbons (Fsp3) is 0.300. The lowest BCUT2D eigenvalue weighted by molar-refractivity contribution is 0.713. The van der Waals surface area contributed by atoms with Gasteiger partial charge in [0.15, 0.2) is 0 Å². The normalized spacial score (nSPS) is 10.6. The Labute approximate surface area is 93.0 Å². The Bertz CT molecular complexity index is 458. The van der Waals surface area contributed by atoms with E-state index < -0.39 is 0 Å². The highest BCUT2D eigenvalue weighted by Crippen LogP contribution is 2.08. The monoisotopic (exact) mass is 222 g/mol. The van der Waals surface area contributed by atoms with Crippen LogP contribution in [0.15, 0.2) is 18.5 Å². The quantitative estimate of drug-likeness (QED) is 0.730. The molecule has 0 saturated carbocycles. The first-order valence-electron chi connectivity index (χ1n) is 4.63. The smallest absolute Gasteiger partial charge is 0.150 e. The molecule has 0 aliphatic carbocycles. The van der Waals surface area contributed by atoms with Crippen molar-refractivity contribution in [1.82, 2.24) is 19.5 Å². The lowest BCUT2D eigenvalue weighted by Crippen LogP contribution is -2.06. The molecule has 2 rings (SSSR count). The molecule has 78 valence electrons. The summed E-state index contributed by atoms with van der Waals surface area (Å²) in [5.41, 5.74) is 0.878. The zero-order valence-electron chi connectivity index (χ0n) is 8.61. The Morgan fingerprint density at radius 2 is 2.13 bits per heavy atom. The number of imidazole rings is 1. The van der Waals surface area contributed by atoms with Crippen molar-refractivity contribution in [2.75, 3.05) is 0 Å². The number of hydrogen-bond donors (Lipinski definition) is 0. The summed E-state index contributed by atoms with van der Waals surface area (Å²) in [6.07, 6.45) is 3.65. The number of aryl methyl sites for hydroxylation is 2. The second-order valence-electron chi connectivity index (χ2n) is 3.35. The van der Waals surface area contributed by atoms with Crippen molar-refractivity contribution in [3.8, 4) is 0 Å². The van der Waals surface area contributed by atoms with Crippen molar-refractivity contribution in [3.63, 3.8) is 0 Å². The van der Waals surface area contributed by atoms with Crippen molar-refractivity contribution in [1.29, 1.82) is 0 Å². The number of nitrogens with zero attached hydrogens (tertiary/aromatic N) is 4. The van der Waals surface area contributed by atoms with Gasteiger partial charge in [-0.3, -0.25) is 0 Å². The van der Waals surface area contributed by atoms with Crippen LogP contribution in [0.4, 0.5) is 0 Å². The van der Waals surface area contributed by atoms with E-state index in [4.69, 9.17) is 11.6 Å². The van der Waals surface area contributed by atoms with Crippen LogP contribution in [0.2, 0.25) is 5.15 Å². The second-order valence-corrected chi connectivity index (χ2v) is 3.74. The fourth-order valence-corrected chi connectivity index (χ4v) is 1.64. The molecule has 0 radical (unpaired) electrons. The van der Waals surface area contributed by atoms with Gasteiger partial charge in [0.05, 0.1) is 6.54 Å². The Balaban J connectivity index is 2.28. The van der Waals surface area contributed by atoms with Crippen LogP contribution in [0.3, 0.4) is 0 Å². The molecule has 2 aromatic rings. The molecular formula is C10H11ClN4. The van der Waals surface area contributed by atoms with Gasteiger partial charge in [-0.25, -0.2) is 15.0 Å². The number of rotatable bonds is 2. The van der Waals surface area contributed by atoms with E-state index in [1.165, 1.54) is 0 Å². The van der Waals surface area contributed by atoms with Crippen LogP contribution < -0.4 is 0 Å². The lowest BCUT2D eigenvalue weighted by atomic mass is 10.4. The number of aromatic nitrogens is 4. The largest absolute Gasteiger partial charge is 0.328 e. The molecule has 0 saturated heterocycles. The molecule has 5 heteroatoms. The van der Waals surface area contributed by atoms with Crippen molar-refractivity contribution in [2.24, 2.45) is 0 Å². The van der Waals surface area contributed by atoms with E-state index in [-0.39, 0.29) is 0 Å². The summed E-state index contributed by atoms with van der Waals surface area (Å²) in [6.45, 7) is 4.45. The highest BCUT2D eigenvalue weighted by atomic mass is 35.5. The topological polar surface area (TPSA) is 43.6 Å². The average Bonchev–Trinajstić information content (AvgIpc) is 2.50. The molecule has 0 aliphatic heterocycles. The van der Waals surface area contributed by atoms with Gasteiger partial charge in [-0.1, -0.05) is 11.6 Å². The summed E-state index contributed by atoms with van der Waals surface area (Å²) in [5, 5.41) is 0.482. The molecule has 4 nitrogen and oxygen atoms in total. The minimum absolute atomic E-state index is 0.482. The van der Waals surface area contributed by atoms with E-state index in [1.54, 1.807) is 12.3 Å². The van der Waals surface area contributed by atoms with Crippen molar-refractivity contribution < 1.29 is 0 Å². The summed E-state index contributed by atoms with van der Waals surface area (Å²) >= 11 is 5.85. The average molecular weight is 223 g/mol. The minimum atomic E-state index is 0.482. The van der Waals surface area contributed by atoms with Gasteiger partial charge in [-0.2, -0.15) is 0 Å². The van der Waals surface area contributed by atoms with Crippen LogP contribution in [-0.2, 0) is 6.54 Å². The zero-order chi connectivity index (χ0) is 10.8. The first kappa shape index (κ1) is 10.1. The van der Waals surface area contributed by atoms with E-state index >= 15 is 0 Å². The first-order chi connectivity index (χ1) is 7.15. The third-order valence-electron chi connectivity index (χ3n) is 2.10. The van der Waals surface area contributed by atoms with Crippen LogP contribution in [0.25, 0.3) is 0 Å². The standard InChI is InChI=1S/C10H11ClN4/c1-7-5-9(11)14-10(13-7)6-15-4-3-12-8(15)2/h3-5H,6H2,1-2H3. The summed E-state index contributed by atoms with van der Waals surface area (Å²) < 4.78 is 1.98. The molecule has 0 atom stereocenters. The molecule has 15 heavy (non-hydrogen) atoms. The summed E-state index contributed by atoms with van der Waals surface area (Å²) in [4.78, 5) is 12.6. The van der Waals surface area contributed by atoms with Gasteiger partial charge >= 0.3 is 0 Å². The fourth-order valence-electron chi connectivity index (χ4n) is 1.38. The van der Waals surface area contributed by atoms with E-state index in [1.807, 2.05) is 24.6 Å². The Morgan fingerprint density at radius 1 is 1.33 bits per heavy atom. The number of halogens is 1. The highest BCUT2D eigenvalue weighted by Gasteiger charge is 2.03. The summed E-state index contributed by atoms with van der Waals surface area (Å²) in [7, 11) is 0. The molecule has 0 aromatic carbocycles. The van der Waals surface area contributed by atoms with Crippen molar-refractivity contribution >= 4 is 11.6 Å².